The van der Waals surface area contributed by atoms with Gasteiger partial charge in [-0.05, 0) is 51.0 Å². The minimum Gasteiger partial charge on any atom is -0.321 e. The summed E-state index contributed by atoms with van der Waals surface area (Å²) in [5.41, 5.74) is 6.60. The maximum absolute atomic E-state index is 12.9. The van der Waals surface area contributed by atoms with Crippen molar-refractivity contribution in [3.05, 3.63) is 92.2 Å². The summed E-state index contributed by atoms with van der Waals surface area (Å²) in [6.45, 7) is 7.83. The van der Waals surface area contributed by atoms with E-state index < -0.39 is 0 Å². The summed E-state index contributed by atoms with van der Waals surface area (Å²) in [5.74, 6) is -0.159. The highest BCUT2D eigenvalue weighted by atomic mass is 35.5. The fourth-order valence-corrected chi connectivity index (χ4v) is 4.69. The van der Waals surface area contributed by atoms with Crippen molar-refractivity contribution in [2.45, 2.75) is 34.1 Å². The number of aryl methyl sites for hydroxylation is 3. The van der Waals surface area contributed by atoms with Crippen molar-refractivity contribution in [3.63, 3.8) is 0 Å². The van der Waals surface area contributed by atoms with Crippen molar-refractivity contribution in [1.82, 2.24) is 14.8 Å². The molecular weight excluding hydrogens is 428 g/mol. The molecule has 5 nitrogen and oxygen atoms in total. The zero-order valence-electron chi connectivity index (χ0n) is 17.9. The van der Waals surface area contributed by atoms with E-state index in [1.807, 2.05) is 80.9 Å². The highest BCUT2D eigenvalue weighted by molar-refractivity contribution is 7.16. The summed E-state index contributed by atoms with van der Waals surface area (Å²) in [6, 6.07) is 15.6. The van der Waals surface area contributed by atoms with Crippen LogP contribution in [0.15, 0.2) is 48.5 Å². The number of amides is 1. The highest BCUT2D eigenvalue weighted by Gasteiger charge is 2.21. The number of nitrogens with zero attached hydrogens (tertiary/aromatic N) is 3. The Balaban J connectivity index is 1.63. The van der Waals surface area contributed by atoms with Crippen molar-refractivity contribution in [3.8, 4) is 5.13 Å². The molecule has 0 saturated carbocycles. The molecule has 4 rings (SSSR count). The first kappa shape index (κ1) is 21.3. The van der Waals surface area contributed by atoms with E-state index in [0.717, 1.165) is 38.8 Å². The zero-order chi connectivity index (χ0) is 22.1. The quantitative estimate of drug-likeness (QED) is 0.402. The molecule has 0 radical (unpaired) electrons. The molecule has 0 aliphatic heterocycles. The molecule has 7 heteroatoms. The number of benzene rings is 2. The summed E-state index contributed by atoms with van der Waals surface area (Å²) in [5, 5.41) is 9.12. The number of carbonyl (C=O) groups is 1. The van der Waals surface area contributed by atoms with Gasteiger partial charge in [0.1, 0.15) is 4.88 Å². The van der Waals surface area contributed by atoms with Gasteiger partial charge in [-0.3, -0.25) is 4.79 Å². The lowest BCUT2D eigenvalue weighted by molar-refractivity contribution is 0.102. The largest absolute Gasteiger partial charge is 0.321 e. The van der Waals surface area contributed by atoms with Crippen LogP contribution in [0.3, 0.4) is 0 Å². The molecule has 2 aromatic heterocycles. The van der Waals surface area contributed by atoms with Gasteiger partial charge in [-0.1, -0.05) is 59.3 Å². The van der Waals surface area contributed by atoms with Crippen LogP contribution >= 0.6 is 22.9 Å². The Hall–Kier alpha value is -2.96. The molecule has 158 valence electrons. The number of hydrogen-bond donors (Lipinski definition) is 1. The van der Waals surface area contributed by atoms with Gasteiger partial charge < -0.3 is 5.32 Å². The second-order valence-electron chi connectivity index (χ2n) is 7.51. The van der Waals surface area contributed by atoms with Gasteiger partial charge in [0.25, 0.3) is 5.91 Å². The van der Waals surface area contributed by atoms with E-state index in [1.54, 1.807) is 0 Å². The molecule has 0 fully saturated rings. The Morgan fingerprint density at radius 1 is 1.03 bits per heavy atom. The average molecular weight is 451 g/mol. The van der Waals surface area contributed by atoms with E-state index in [1.165, 1.54) is 11.3 Å². The number of para-hydroxylation sites is 1. The third-order valence-corrected chi connectivity index (χ3v) is 6.83. The molecule has 1 amide bonds. The lowest BCUT2D eigenvalue weighted by atomic mass is 10.0. The number of halogens is 1. The fourth-order valence-electron chi connectivity index (χ4n) is 3.52. The predicted molar refractivity (Wildman–Crippen MR) is 127 cm³/mol. The molecule has 0 bridgehead atoms. The minimum atomic E-state index is -0.159. The number of rotatable bonds is 5. The van der Waals surface area contributed by atoms with Crippen LogP contribution < -0.4 is 5.32 Å². The van der Waals surface area contributed by atoms with E-state index in [9.17, 15) is 4.79 Å². The number of nitrogens with one attached hydrogen (secondary N) is 1. The maximum Gasteiger partial charge on any atom is 0.267 e. The molecule has 0 spiro atoms. The Morgan fingerprint density at radius 2 is 1.74 bits per heavy atom. The third-order valence-electron chi connectivity index (χ3n) is 5.33. The van der Waals surface area contributed by atoms with Crippen LogP contribution in [0.25, 0.3) is 5.13 Å². The van der Waals surface area contributed by atoms with Crippen LogP contribution in [0.4, 0.5) is 5.69 Å². The van der Waals surface area contributed by atoms with Crippen molar-refractivity contribution in [1.29, 1.82) is 0 Å². The Morgan fingerprint density at radius 3 is 2.48 bits per heavy atom. The average Bonchev–Trinajstić information content (AvgIpc) is 3.26. The summed E-state index contributed by atoms with van der Waals surface area (Å²) < 4.78 is 1.82. The SMILES string of the molecule is Cc1ccccc1NC(=O)c1sc(-n2nc(C)c(Cc3ccccc3Cl)c2C)nc1C. The van der Waals surface area contributed by atoms with Crippen LogP contribution in [-0.2, 0) is 6.42 Å². The number of aromatic nitrogens is 3. The number of carbonyl (C=O) groups excluding carboxylic acids is 1. The van der Waals surface area contributed by atoms with Crippen LogP contribution in [0, 0.1) is 27.7 Å². The van der Waals surface area contributed by atoms with Gasteiger partial charge in [0.2, 0.25) is 5.13 Å². The van der Waals surface area contributed by atoms with E-state index in [4.69, 9.17) is 16.7 Å². The first-order valence-corrected chi connectivity index (χ1v) is 11.2. The normalized spacial score (nSPS) is 11.0. The van der Waals surface area contributed by atoms with E-state index in [-0.39, 0.29) is 5.91 Å². The van der Waals surface area contributed by atoms with Gasteiger partial charge >= 0.3 is 0 Å². The number of thiazole rings is 1. The first-order valence-electron chi connectivity index (χ1n) is 9.98. The molecule has 0 atom stereocenters. The second-order valence-corrected chi connectivity index (χ2v) is 8.89. The van der Waals surface area contributed by atoms with E-state index >= 15 is 0 Å². The fraction of sp³-hybridized carbons (Fsp3) is 0.208. The Bertz CT molecular complexity index is 1270. The van der Waals surface area contributed by atoms with Crippen LogP contribution in [-0.4, -0.2) is 20.7 Å². The molecule has 31 heavy (non-hydrogen) atoms. The minimum absolute atomic E-state index is 0.159. The molecule has 1 N–H and O–H groups in total. The van der Waals surface area contributed by atoms with Gasteiger partial charge in [-0.2, -0.15) is 5.10 Å². The van der Waals surface area contributed by atoms with Crippen molar-refractivity contribution in [2.24, 2.45) is 0 Å². The van der Waals surface area contributed by atoms with Crippen molar-refractivity contribution < 1.29 is 4.79 Å². The van der Waals surface area contributed by atoms with Crippen LogP contribution in [0.5, 0.6) is 0 Å². The zero-order valence-corrected chi connectivity index (χ0v) is 19.4. The van der Waals surface area contributed by atoms with Crippen LogP contribution in [0.1, 0.15) is 43.4 Å². The molecule has 0 aliphatic carbocycles. The first-order chi connectivity index (χ1) is 14.8. The second kappa shape index (κ2) is 8.65. The standard InChI is InChI=1S/C24H23ClN4OS/c1-14-9-5-8-12-21(14)27-23(30)22-16(3)26-24(31-22)29-17(4)19(15(2)28-29)13-18-10-6-7-11-20(18)25/h5-12H,13H2,1-4H3,(H,27,30). The molecule has 0 aliphatic rings. The molecule has 4 aromatic rings. The summed E-state index contributed by atoms with van der Waals surface area (Å²) in [7, 11) is 0. The van der Waals surface area contributed by atoms with Gasteiger partial charge in [-0.15, -0.1) is 0 Å². The van der Waals surface area contributed by atoms with Gasteiger partial charge in [0.15, 0.2) is 0 Å². The van der Waals surface area contributed by atoms with E-state index in [2.05, 4.69) is 10.3 Å². The van der Waals surface area contributed by atoms with Gasteiger partial charge in [0, 0.05) is 28.4 Å². The Kier molecular flexibility index (Phi) is 5.94. The number of hydrogen-bond acceptors (Lipinski definition) is 4. The monoisotopic (exact) mass is 450 g/mol. The summed E-state index contributed by atoms with van der Waals surface area (Å²) >= 11 is 7.70. The van der Waals surface area contributed by atoms with Crippen LogP contribution in [0.2, 0.25) is 5.02 Å². The topological polar surface area (TPSA) is 59.8 Å². The Labute approximate surface area is 190 Å². The predicted octanol–water partition coefficient (Wildman–Crippen LogP) is 6.06. The van der Waals surface area contributed by atoms with Gasteiger partial charge in [-0.25, -0.2) is 9.67 Å². The molecular formula is C24H23ClN4OS. The molecule has 0 unspecified atom stereocenters. The lowest BCUT2D eigenvalue weighted by Gasteiger charge is -2.06. The van der Waals surface area contributed by atoms with Gasteiger partial charge in [0.05, 0.1) is 11.4 Å². The van der Waals surface area contributed by atoms with Crippen molar-refractivity contribution in [2.75, 3.05) is 5.32 Å². The third kappa shape index (κ3) is 4.27. The molecule has 0 saturated heterocycles. The molecule has 2 aromatic carbocycles. The molecule has 2 heterocycles. The number of anilines is 1. The summed E-state index contributed by atoms with van der Waals surface area (Å²) in [6.07, 6.45) is 0.697. The summed E-state index contributed by atoms with van der Waals surface area (Å²) in [4.78, 5) is 18.1. The highest BCUT2D eigenvalue weighted by Crippen LogP contribution is 2.28. The van der Waals surface area contributed by atoms with Crippen molar-refractivity contribution >= 4 is 34.5 Å². The van der Waals surface area contributed by atoms with E-state index in [0.29, 0.717) is 22.1 Å². The maximum atomic E-state index is 12.9. The smallest absolute Gasteiger partial charge is 0.267 e. The lowest BCUT2D eigenvalue weighted by Crippen LogP contribution is -2.12.